The normalized spacial score (nSPS) is 15.9. The number of hydrogen-bond acceptors (Lipinski definition) is 6. The summed E-state index contributed by atoms with van der Waals surface area (Å²) in [5.41, 5.74) is 7.10. The molecule has 100 valence electrons. The van der Waals surface area contributed by atoms with Crippen molar-refractivity contribution in [3.8, 4) is 0 Å². The summed E-state index contributed by atoms with van der Waals surface area (Å²) in [6.45, 7) is 1.75. The second kappa shape index (κ2) is 4.65. The molecule has 2 heterocycles. The van der Waals surface area contributed by atoms with Crippen LogP contribution in [0, 0.1) is 10.1 Å². The van der Waals surface area contributed by atoms with Crippen LogP contribution in [0.3, 0.4) is 0 Å². The van der Waals surface area contributed by atoms with Crippen molar-refractivity contribution in [2.45, 2.75) is 19.3 Å². The SMILES string of the molecule is Nc1nc2cc([N+](=O)[O-])c(N3CCCCC3)cc2s1. The highest BCUT2D eigenvalue weighted by Gasteiger charge is 2.23. The average Bonchev–Trinajstić information content (AvgIpc) is 2.77. The lowest BCUT2D eigenvalue weighted by molar-refractivity contribution is -0.384. The summed E-state index contributed by atoms with van der Waals surface area (Å²) >= 11 is 1.37. The van der Waals surface area contributed by atoms with E-state index in [-0.39, 0.29) is 10.6 Å². The number of benzene rings is 1. The van der Waals surface area contributed by atoms with E-state index >= 15 is 0 Å². The third-order valence-corrected chi connectivity index (χ3v) is 4.24. The lowest BCUT2D eigenvalue weighted by Gasteiger charge is -2.28. The standard InChI is InChI=1S/C12H14N4O2S/c13-12-14-8-6-10(16(17)18)9(7-11(8)19-12)15-4-2-1-3-5-15/h6-7H,1-5H2,(H2,13,14). The van der Waals surface area contributed by atoms with Crippen molar-refractivity contribution in [1.82, 2.24) is 4.98 Å². The van der Waals surface area contributed by atoms with Gasteiger partial charge in [0.25, 0.3) is 5.69 Å². The first-order valence-electron chi connectivity index (χ1n) is 6.24. The van der Waals surface area contributed by atoms with E-state index in [1.807, 2.05) is 6.07 Å². The third kappa shape index (κ3) is 2.21. The van der Waals surface area contributed by atoms with E-state index in [4.69, 9.17) is 5.73 Å². The first-order chi connectivity index (χ1) is 9.15. The van der Waals surface area contributed by atoms with E-state index in [1.165, 1.54) is 23.8 Å². The van der Waals surface area contributed by atoms with Crippen LogP contribution in [-0.4, -0.2) is 23.0 Å². The quantitative estimate of drug-likeness (QED) is 0.674. The molecule has 1 aromatic heterocycles. The van der Waals surface area contributed by atoms with Gasteiger partial charge in [0.1, 0.15) is 5.69 Å². The number of anilines is 2. The Bertz CT molecular complexity index is 634. The molecule has 0 aliphatic carbocycles. The summed E-state index contributed by atoms with van der Waals surface area (Å²) in [4.78, 5) is 17.1. The largest absolute Gasteiger partial charge is 0.375 e. The molecule has 1 saturated heterocycles. The van der Waals surface area contributed by atoms with Gasteiger partial charge in [-0.2, -0.15) is 0 Å². The predicted molar refractivity (Wildman–Crippen MR) is 76.8 cm³/mol. The zero-order valence-corrected chi connectivity index (χ0v) is 11.2. The van der Waals surface area contributed by atoms with E-state index in [2.05, 4.69) is 9.88 Å². The lowest BCUT2D eigenvalue weighted by atomic mass is 10.1. The van der Waals surface area contributed by atoms with Gasteiger partial charge < -0.3 is 10.6 Å². The van der Waals surface area contributed by atoms with Crippen molar-refractivity contribution in [2.75, 3.05) is 23.7 Å². The van der Waals surface area contributed by atoms with Gasteiger partial charge in [-0.05, 0) is 25.3 Å². The van der Waals surface area contributed by atoms with E-state index in [1.54, 1.807) is 0 Å². The van der Waals surface area contributed by atoms with Crippen LogP contribution in [0.15, 0.2) is 12.1 Å². The third-order valence-electron chi connectivity index (χ3n) is 3.39. The number of rotatable bonds is 2. The van der Waals surface area contributed by atoms with Crippen molar-refractivity contribution in [3.05, 3.63) is 22.2 Å². The Morgan fingerprint density at radius 2 is 2.05 bits per heavy atom. The fraction of sp³-hybridized carbons (Fsp3) is 0.417. The smallest absolute Gasteiger partial charge is 0.294 e. The zero-order chi connectivity index (χ0) is 13.4. The predicted octanol–water partition coefficient (Wildman–Crippen LogP) is 2.78. The van der Waals surface area contributed by atoms with Crippen LogP contribution in [0.1, 0.15) is 19.3 Å². The summed E-state index contributed by atoms with van der Waals surface area (Å²) in [6, 6.07) is 3.39. The molecule has 0 unspecified atom stereocenters. The van der Waals surface area contributed by atoms with E-state index < -0.39 is 0 Å². The molecule has 0 bridgehead atoms. The minimum atomic E-state index is -0.334. The van der Waals surface area contributed by atoms with Crippen LogP contribution in [-0.2, 0) is 0 Å². The van der Waals surface area contributed by atoms with Gasteiger partial charge in [-0.1, -0.05) is 11.3 Å². The van der Waals surface area contributed by atoms with Gasteiger partial charge >= 0.3 is 0 Å². The minimum Gasteiger partial charge on any atom is -0.375 e. The average molecular weight is 278 g/mol. The molecular weight excluding hydrogens is 264 g/mol. The Balaban J connectivity index is 2.13. The van der Waals surface area contributed by atoms with Gasteiger partial charge in [-0.3, -0.25) is 10.1 Å². The number of nitrogens with two attached hydrogens (primary N) is 1. The minimum absolute atomic E-state index is 0.125. The molecule has 1 aliphatic rings. The van der Waals surface area contributed by atoms with Gasteiger partial charge in [-0.25, -0.2) is 4.98 Å². The molecule has 1 fully saturated rings. The monoisotopic (exact) mass is 278 g/mol. The number of aromatic nitrogens is 1. The highest BCUT2D eigenvalue weighted by atomic mass is 32.1. The molecule has 7 heteroatoms. The summed E-state index contributed by atoms with van der Waals surface area (Å²) in [5.74, 6) is 0. The van der Waals surface area contributed by atoms with Crippen molar-refractivity contribution in [1.29, 1.82) is 0 Å². The Kier molecular flexibility index (Phi) is 2.98. The van der Waals surface area contributed by atoms with E-state index in [0.29, 0.717) is 16.3 Å². The van der Waals surface area contributed by atoms with Crippen LogP contribution in [0.25, 0.3) is 10.2 Å². The lowest BCUT2D eigenvalue weighted by Crippen LogP contribution is -2.29. The van der Waals surface area contributed by atoms with Gasteiger partial charge in [0, 0.05) is 19.2 Å². The molecule has 0 amide bonds. The number of nitrogen functional groups attached to an aromatic ring is 1. The highest BCUT2D eigenvalue weighted by Crippen LogP contribution is 2.36. The Morgan fingerprint density at radius 3 is 2.74 bits per heavy atom. The summed E-state index contributed by atoms with van der Waals surface area (Å²) in [6.07, 6.45) is 3.36. The van der Waals surface area contributed by atoms with Gasteiger partial charge in [-0.15, -0.1) is 0 Å². The van der Waals surface area contributed by atoms with E-state index in [0.717, 1.165) is 30.6 Å². The molecule has 0 atom stereocenters. The summed E-state index contributed by atoms with van der Waals surface area (Å²) in [7, 11) is 0. The number of fused-ring (bicyclic) bond motifs is 1. The van der Waals surface area contributed by atoms with E-state index in [9.17, 15) is 10.1 Å². The molecule has 2 aromatic rings. The summed E-state index contributed by atoms with van der Waals surface area (Å²) < 4.78 is 0.906. The van der Waals surface area contributed by atoms with Crippen LogP contribution in [0.4, 0.5) is 16.5 Å². The number of nitrogens with zero attached hydrogens (tertiary/aromatic N) is 3. The second-order valence-corrected chi connectivity index (χ2v) is 5.73. The maximum absolute atomic E-state index is 11.2. The topological polar surface area (TPSA) is 85.3 Å². The first kappa shape index (κ1) is 12.2. The van der Waals surface area contributed by atoms with Crippen molar-refractivity contribution in [3.63, 3.8) is 0 Å². The molecular formula is C12H14N4O2S. The Labute approximate surface area is 114 Å². The number of nitro groups is 1. The maximum atomic E-state index is 11.2. The Morgan fingerprint density at radius 1 is 1.32 bits per heavy atom. The van der Waals surface area contributed by atoms with Gasteiger partial charge in [0.2, 0.25) is 0 Å². The van der Waals surface area contributed by atoms with Gasteiger partial charge in [0.05, 0.1) is 15.1 Å². The molecule has 3 rings (SSSR count). The first-order valence-corrected chi connectivity index (χ1v) is 7.06. The molecule has 0 spiro atoms. The zero-order valence-electron chi connectivity index (χ0n) is 10.3. The number of piperidine rings is 1. The Hall–Kier alpha value is -1.89. The second-order valence-electron chi connectivity index (χ2n) is 4.67. The number of hydrogen-bond donors (Lipinski definition) is 1. The molecule has 0 saturated carbocycles. The summed E-state index contributed by atoms with van der Waals surface area (Å²) in [5, 5.41) is 11.7. The van der Waals surface area contributed by atoms with Crippen LogP contribution in [0.2, 0.25) is 0 Å². The number of thiazole rings is 1. The van der Waals surface area contributed by atoms with Crippen molar-refractivity contribution < 1.29 is 4.92 Å². The molecule has 19 heavy (non-hydrogen) atoms. The van der Waals surface area contributed by atoms with Crippen molar-refractivity contribution >= 4 is 38.1 Å². The fourth-order valence-electron chi connectivity index (χ4n) is 2.50. The van der Waals surface area contributed by atoms with Crippen LogP contribution >= 0.6 is 11.3 Å². The molecule has 1 aliphatic heterocycles. The van der Waals surface area contributed by atoms with Crippen molar-refractivity contribution in [2.24, 2.45) is 0 Å². The van der Waals surface area contributed by atoms with Crippen LogP contribution in [0.5, 0.6) is 0 Å². The fourth-order valence-corrected chi connectivity index (χ4v) is 3.25. The molecule has 6 nitrogen and oxygen atoms in total. The highest BCUT2D eigenvalue weighted by molar-refractivity contribution is 7.22. The molecule has 0 radical (unpaired) electrons. The molecule has 2 N–H and O–H groups in total. The van der Waals surface area contributed by atoms with Gasteiger partial charge in [0.15, 0.2) is 5.13 Å². The number of nitro benzene ring substituents is 1. The molecule has 1 aromatic carbocycles. The maximum Gasteiger partial charge on any atom is 0.294 e. The van der Waals surface area contributed by atoms with Crippen LogP contribution < -0.4 is 10.6 Å².